The number of nitrogens with zero attached hydrogens (tertiary/aromatic N) is 2. The van der Waals surface area contributed by atoms with Gasteiger partial charge in [-0.3, -0.25) is 9.97 Å². The number of aryl methyl sites for hydroxylation is 1. The summed E-state index contributed by atoms with van der Waals surface area (Å²) in [5.41, 5.74) is 7.10. The molecule has 3 unspecified atom stereocenters. The number of rotatable bonds is 2. The number of fused-ring (bicyclic) bond motifs is 3. The zero-order valence-corrected chi connectivity index (χ0v) is 14.9. The van der Waals surface area contributed by atoms with Gasteiger partial charge in [-0.05, 0) is 79.2 Å². The first-order valence-corrected chi connectivity index (χ1v) is 9.69. The van der Waals surface area contributed by atoms with E-state index in [0.717, 1.165) is 29.7 Å². The Hall–Kier alpha value is -1.41. The average Bonchev–Trinajstić information content (AvgIpc) is 3.36. The number of halogens is 1. The van der Waals surface area contributed by atoms with Crippen LogP contribution in [0.2, 0.25) is 5.02 Å². The Morgan fingerprint density at radius 2 is 2.17 bits per heavy atom. The topological polar surface area (TPSA) is 25.8 Å². The van der Waals surface area contributed by atoms with Crippen LogP contribution in [0, 0.1) is 11.8 Å². The van der Waals surface area contributed by atoms with Crippen LogP contribution in [0.25, 0.3) is 0 Å². The average molecular weight is 339 g/mol. The lowest BCUT2D eigenvalue weighted by Crippen LogP contribution is -2.18. The van der Waals surface area contributed by atoms with Gasteiger partial charge in [-0.25, -0.2) is 0 Å². The van der Waals surface area contributed by atoms with Crippen molar-refractivity contribution in [3.8, 4) is 0 Å². The summed E-state index contributed by atoms with van der Waals surface area (Å²) < 4.78 is 0. The molecule has 0 amide bonds. The molecule has 0 aliphatic heterocycles. The van der Waals surface area contributed by atoms with Crippen molar-refractivity contribution in [2.24, 2.45) is 11.8 Å². The first kappa shape index (κ1) is 14.9. The van der Waals surface area contributed by atoms with Gasteiger partial charge in [0.1, 0.15) is 0 Å². The molecule has 0 spiro atoms. The van der Waals surface area contributed by atoms with Crippen LogP contribution in [0.15, 0.2) is 24.5 Å². The van der Waals surface area contributed by atoms with Crippen molar-refractivity contribution < 1.29 is 0 Å². The predicted octanol–water partition coefficient (Wildman–Crippen LogP) is 5.09. The maximum atomic E-state index is 6.15. The Morgan fingerprint density at radius 3 is 3.08 bits per heavy atom. The first-order valence-electron chi connectivity index (χ1n) is 9.31. The van der Waals surface area contributed by atoms with E-state index in [9.17, 15) is 0 Å². The van der Waals surface area contributed by atoms with Crippen LogP contribution in [-0.4, -0.2) is 9.97 Å². The summed E-state index contributed by atoms with van der Waals surface area (Å²) in [4.78, 5) is 9.45. The largest absolute Gasteiger partial charge is 0.261 e. The molecule has 0 bridgehead atoms. The highest BCUT2D eigenvalue weighted by molar-refractivity contribution is 6.30. The minimum atomic E-state index is 0.532. The summed E-state index contributed by atoms with van der Waals surface area (Å²) in [6, 6.07) is 4.38. The fourth-order valence-corrected chi connectivity index (χ4v) is 5.33. The van der Waals surface area contributed by atoms with E-state index in [0.29, 0.717) is 11.8 Å². The standard InChI is InChI=1S/C21H23ClN2/c1-12-18-9-16(18)10-19-13(5-6-23-20(12)19)7-14-3-2-4-15-8-17(22)11-24-21(14)15/h5-6,8,11-12,14,16,18H,2-4,7,9-10H2,1H3/t12-,14?,16?,18?/m0/s1. The Morgan fingerprint density at radius 1 is 1.25 bits per heavy atom. The van der Waals surface area contributed by atoms with Gasteiger partial charge in [0.15, 0.2) is 0 Å². The van der Waals surface area contributed by atoms with Crippen LogP contribution in [0.1, 0.15) is 66.1 Å². The van der Waals surface area contributed by atoms with E-state index in [1.54, 1.807) is 5.56 Å². The van der Waals surface area contributed by atoms with Crippen molar-refractivity contribution >= 4 is 11.6 Å². The summed E-state index contributed by atoms with van der Waals surface area (Å²) in [7, 11) is 0. The van der Waals surface area contributed by atoms with Gasteiger partial charge in [0.05, 0.1) is 5.02 Å². The summed E-state index contributed by atoms with van der Waals surface area (Å²) in [5, 5.41) is 0.768. The maximum absolute atomic E-state index is 6.15. The second-order valence-electron chi connectivity index (χ2n) is 7.98. The highest BCUT2D eigenvalue weighted by Gasteiger charge is 2.46. The Labute approximate surface area is 148 Å². The van der Waals surface area contributed by atoms with Gasteiger partial charge >= 0.3 is 0 Å². The Bertz CT molecular complexity index is 800. The second-order valence-corrected chi connectivity index (χ2v) is 8.41. The molecule has 1 fully saturated rings. The van der Waals surface area contributed by atoms with E-state index >= 15 is 0 Å². The zero-order valence-electron chi connectivity index (χ0n) is 14.1. The van der Waals surface area contributed by atoms with E-state index in [4.69, 9.17) is 21.6 Å². The van der Waals surface area contributed by atoms with Crippen LogP contribution >= 0.6 is 11.6 Å². The second kappa shape index (κ2) is 5.56. The lowest BCUT2D eigenvalue weighted by atomic mass is 9.79. The first-order chi connectivity index (χ1) is 11.7. The van der Waals surface area contributed by atoms with Crippen LogP contribution in [-0.2, 0) is 19.3 Å². The molecule has 3 aliphatic carbocycles. The molecule has 0 saturated heterocycles. The Kier molecular flexibility index (Phi) is 3.45. The number of pyridine rings is 2. The lowest BCUT2D eigenvalue weighted by molar-refractivity contribution is 0.516. The van der Waals surface area contributed by atoms with Gasteiger partial charge < -0.3 is 0 Å². The normalized spacial score (nSPS) is 30.2. The van der Waals surface area contributed by atoms with Crippen molar-refractivity contribution in [1.29, 1.82) is 0 Å². The highest BCUT2D eigenvalue weighted by atomic mass is 35.5. The predicted molar refractivity (Wildman–Crippen MR) is 96.6 cm³/mol. The molecule has 0 aromatic carbocycles. The molecule has 5 rings (SSSR count). The maximum Gasteiger partial charge on any atom is 0.0592 e. The Balaban J connectivity index is 1.49. The van der Waals surface area contributed by atoms with Crippen LogP contribution in [0.3, 0.4) is 0 Å². The van der Waals surface area contributed by atoms with E-state index in [1.165, 1.54) is 48.2 Å². The minimum Gasteiger partial charge on any atom is -0.261 e. The lowest BCUT2D eigenvalue weighted by Gasteiger charge is -2.28. The SMILES string of the molecule is C[C@@H]1c2nccc(CC3CCCc4cc(Cl)cnc43)c2CC2CC21. The van der Waals surface area contributed by atoms with E-state index in [-0.39, 0.29) is 0 Å². The fraction of sp³-hybridized carbons (Fsp3) is 0.524. The van der Waals surface area contributed by atoms with Gasteiger partial charge in [-0.1, -0.05) is 18.5 Å². The third-order valence-electron chi connectivity index (χ3n) is 6.52. The zero-order chi connectivity index (χ0) is 16.3. The van der Waals surface area contributed by atoms with Gasteiger partial charge in [0.25, 0.3) is 0 Å². The smallest absolute Gasteiger partial charge is 0.0592 e. The van der Waals surface area contributed by atoms with Crippen molar-refractivity contribution in [3.05, 3.63) is 57.6 Å². The molecule has 24 heavy (non-hydrogen) atoms. The summed E-state index contributed by atoms with van der Waals surface area (Å²) >= 11 is 6.15. The monoisotopic (exact) mass is 338 g/mol. The van der Waals surface area contributed by atoms with Crippen LogP contribution in [0.5, 0.6) is 0 Å². The fourth-order valence-electron chi connectivity index (χ4n) is 5.15. The highest BCUT2D eigenvalue weighted by Crippen LogP contribution is 2.55. The van der Waals surface area contributed by atoms with Crippen LogP contribution in [0.4, 0.5) is 0 Å². The van der Waals surface area contributed by atoms with Gasteiger partial charge in [-0.15, -0.1) is 0 Å². The summed E-state index contributed by atoms with van der Waals surface area (Å²) in [6.45, 7) is 2.37. The summed E-state index contributed by atoms with van der Waals surface area (Å²) in [6.07, 6.45) is 11.2. The molecular formula is C21H23ClN2. The number of aromatic nitrogens is 2. The summed E-state index contributed by atoms with van der Waals surface area (Å²) in [5.74, 6) is 3.00. The van der Waals surface area contributed by atoms with E-state index in [1.807, 2.05) is 12.4 Å². The molecule has 124 valence electrons. The van der Waals surface area contributed by atoms with E-state index < -0.39 is 0 Å². The molecule has 0 radical (unpaired) electrons. The molecule has 1 saturated carbocycles. The van der Waals surface area contributed by atoms with Gasteiger partial charge in [0, 0.05) is 35.6 Å². The molecule has 2 aromatic rings. The minimum absolute atomic E-state index is 0.532. The molecule has 2 heterocycles. The van der Waals surface area contributed by atoms with E-state index in [2.05, 4.69) is 19.1 Å². The van der Waals surface area contributed by atoms with Gasteiger partial charge in [-0.2, -0.15) is 0 Å². The van der Waals surface area contributed by atoms with Crippen LogP contribution < -0.4 is 0 Å². The van der Waals surface area contributed by atoms with Crippen molar-refractivity contribution in [3.63, 3.8) is 0 Å². The third-order valence-corrected chi connectivity index (χ3v) is 6.73. The van der Waals surface area contributed by atoms with Crippen molar-refractivity contribution in [1.82, 2.24) is 9.97 Å². The molecule has 2 aromatic heterocycles. The molecule has 0 N–H and O–H groups in total. The number of hydrogen-bond donors (Lipinski definition) is 0. The van der Waals surface area contributed by atoms with Crippen molar-refractivity contribution in [2.45, 2.75) is 57.3 Å². The molecular weight excluding hydrogens is 316 g/mol. The third kappa shape index (κ3) is 2.38. The van der Waals surface area contributed by atoms with Crippen molar-refractivity contribution in [2.75, 3.05) is 0 Å². The quantitative estimate of drug-likeness (QED) is 0.762. The van der Waals surface area contributed by atoms with Gasteiger partial charge in [0.2, 0.25) is 0 Å². The molecule has 2 nitrogen and oxygen atoms in total. The number of hydrogen-bond acceptors (Lipinski definition) is 2. The molecule has 4 atom stereocenters. The molecule has 3 heteroatoms. The molecule has 3 aliphatic rings.